The first kappa shape index (κ1) is 18.5. The largest absolute Gasteiger partial charge is 0.495 e. The lowest BCUT2D eigenvalue weighted by molar-refractivity contribution is -0.116. The molecule has 0 aliphatic carbocycles. The van der Waals surface area contributed by atoms with E-state index in [0.29, 0.717) is 24.4 Å². The summed E-state index contributed by atoms with van der Waals surface area (Å²) in [6, 6.07) is 27.9. The smallest absolute Gasteiger partial charge is 0.226 e. The second-order valence-electron chi connectivity index (χ2n) is 6.24. The topological polar surface area (TPSA) is 41.6 Å². The highest BCUT2D eigenvalue weighted by molar-refractivity contribution is 5.92. The fourth-order valence-electron chi connectivity index (χ4n) is 2.94. The second kappa shape index (κ2) is 9.43. The lowest BCUT2D eigenvalue weighted by Crippen LogP contribution is -2.27. The highest BCUT2D eigenvalue weighted by Crippen LogP contribution is 2.23. The van der Waals surface area contributed by atoms with Crippen molar-refractivity contribution in [2.24, 2.45) is 0 Å². The van der Waals surface area contributed by atoms with Gasteiger partial charge in [0.1, 0.15) is 5.75 Å². The number of amides is 1. The van der Waals surface area contributed by atoms with Gasteiger partial charge in [-0.15, -0.1) is 0 Å². The number of hydrogen-bond acceptors (Lipinski definition) is 3. The Bertz CT molecular complexity index is 851. The molecule has 0 aromatic heterocycles. The van der Waals surface area contributed by atoms with Gasteiger partial charge in [-0.05, 0) is 29.8 Å². The molecule has 27 heavy (non-hydrogen) atoms. The van der Waals surface area contributed by atoms with Gasteiger partial charge < -0.3 is 15.0 Å². The average Bonchev–Trinajstić information content (AvgIpc) is 2.73. The van der Waals surface area contributed by atoms with E-state index in [1.807, 2.05) is 60.7 Å². The van der Waals surface area contributed by atoms with E-state index in [4.69, 9.17) is 4.74 Å². The molecule has 0 heterocycles. The van der Waals surface area contributed by atoms with E-state index in [1.165, 1.54) is 5.56 Å². The Kier molecular flexibility index (Phi) is 6.47. The van der Waals surface area contributed by atoms with Crippen LogP contribution in [0.15, 0.2) is 84.9 Å². The number of methoxy groups -OCH3 is 1. The van der Waals surface area contributed by atoms with E-state index < -0.39 is 0 Å². The van der Waals surface area contributed by atoms with Crippen LogP contribution in [0.5, 0.6) is 5.75 Å². The van der Waals surface area contributed by atoms with Gasteiger partial charge in [-0.3, -0.25) is 4.79 Å². The minimum absolute atomic E-state index is 0.0338. The second-order valence-corrected chi connectivity index (χ2v) is 6.24. The Hall–Kier alpha value is -3.27. The lowest BCUT2D eigenvalue weighted by atomic mass is 10.2. The standard InChI is InChI=1S/C23H24N2O2/c1-27-22-15-9-8-14-21(22)24-23(26)16-17-25(20-12-6-3-7-13-20)18-19-10-4-2-5-11-19/h2-15H,16-18H2,1H3,(H,24,26). The molecule has 1 N–H and O–H groups in total. The van der Waals surface area contributed by atoms with E-state index in [9.17, 15) is 4.79 Å². The number of benzene rings is 3. The predicted octanol–water partition coefficient (Wildman–Crippen LogP) is 4.73. The third-order valence-electron chi connectivity index (χ3n) is 4.33. The minimum Gasteiger partial charge on any atom is -0.495 e. The van der Waals surface area contributed by atoms with E-state index in [2.05, 4.69) is 34.5 Å². The molecule has 4 heteroatoms. The van der Waals surface area contributed by atoms with Crippen molar-refractivity contribution in [3.63, 3.8) is 0 Å². The number of carbonyl (C=O) groups excluding carboxylic acids is 1. The molecular formula is C23H24N2O2. The summed E-state index contributed by atoms with van der Waals surface area (Å²) < 4.78 is 5.29. The molecule has 3 aromatic rings. The Morgan fingerprint density at radius 1 is 0.889 bits per heavy atom. The van der Waals surface area contributed by atoms with Crippen LogP contribution in [0.4, 0.5) is 11.4 Å². The van der Waals surface area contributed by atoms with Crippen LogP contribution in [0.3, 0.4) is 0 Å². The van der Waals surface area contributed by atoms with Crippen LogP contribution in [-0.4, -0.2) is 19.6 Å². The van der Waals surface area contributed by atoms with Gasteiger partial charge in [0.05, 0.1) is 12.8 Å². The van der Waals surface area contributed by atoms with Crippen LogP contribution in [0.25, 0.3) is 0 Å². The quantitative estimate of drug-likeness (QED) is 0.631. The zero-order chi connectivity index (χ0) is 18.9. The van der Waals surface area contributed by atoms with E-state index in [0.717, 1.165) is 12.2 Å². The summed E-state index contributed by atoms with van der Waals surface area (Å²) in [5.74, 6) is 0.628. The number of nitrogens with zero attached hydrogens (tertiary/aromatic N) is 1. The molecule has 0 atom stereocenters. The molecule has 1 amide bonds. The maximum absolute atomic E-state index is 12.5. The number of anilines is 2. The highest BCUT2D eigenvalue weighted by Gasteiger charge is 2.11. The third kappa shape index (κ3) is 5.35. The Labute approximate surface area is 160 Å². The number of para-hydroxylation sites is 3. The number of nitrogens with one attached hydrogen (secondary N) is 1. The van der Waals surface area contributed by atoms with Crippen molar-refractivity contribution < 1.29 is 9.53 Å². The minimum atomic E-state index is -0.0338. The summed E-state index contributed by atoms with van der Waals surface area (Å²) in [6.45, 7) is 1.38. The van der Waals surface area contributed by atoms with Crippen molar-refractivity contribution in [1.82, 2.24) is 0 Å². The van der Waals surface area contributed by atoms with Gasteiger partial charge in [0.25, 0.3) is 0 Å². The zero-order valence-electron chi connectivity index (χ0n) is 15.5. The van der Waals surface area contributed by atoms with Gasteiger partial charge in [-0.2, -0.15) is 0 Å². The molecule has 0 saturated heterocycles. The Morgan fingerprint density at radius 3 is 2.22 bits per heavy atom. The van der Waals surface area contributed by atoms with Crippen LogP contribution >= 0.6 is 0 Å². The molecular weight excluding hydrogens is 336 g/mol. The van der Waals surface area contributed by atoms with Crippen molar-refractivity contribution in [3.8, 4) is 5.75 Å². The summed E-state index contributed by atoms with van der Waals surface area (Å²) in [5.41, 5.74) is 3.01. The summed E-state index contributed by atoms with van der Waals surface area (Å²) in [4.78, 5) is 14.7. The van der Waals surface area contributed by atoms with Gasteiger partial charge in [0.2, 0.25) is 5.91 Å². The molecule has 0 aliphatic heterocycles. The first-order chi connectivity index (χ1) is 13.3. The van der Waals surface area contributed by atoms with Crippen LogP contribution in [0.2, 0.25) is 0 Å². The summed E-state index contributed by atoms with van der Waals surface area (Å²) in [7, 11) is 1.60. The molecule has 0 spiro atoms. The van der Waals surface area contributed by atoms with Crippen molar-refractivity contribution in [2.75, 3.05) is 23.9 Å². The first-order valence-electron chi connectivity index (χ1n) is 9.03. The Balaban J connectivity index is 1.66. The van der Waals surface area contributed by atoms with Crippen molar-refractivity contribution in [2.45, 2.75) is 13.0 Å². The molecule has 0 fully saturated rings. The SMILES string of the molecule is COc1ccccc1NC(=O)CCN(Cc1ccccc1)c1ccccc1. The average molecular weight is 360 g/mol. The fourth-order valence-corrected chi connectivity index (χ4v) is 2.94. The molecule has 4 nitrogen and oxygen atoms in total. The van der Waals surface area contributed by atoms with Gasteiger partial charge in [0, 0.05) is 25.2 Å². The molecule has 3 rings (SSSR count). The summed E-state index contributed by atoms with van der Waals surface area (Å²) >= 11 is 0. The molecule has 0 radical (unpaired) electrons. The highest BCUT2D eigenvalue weighted by atomic mass is 16.5. The van der Waals surface area contributed by atoms with Crippen molar-refractivity contribution in [1.29, 1.82) is 0 Å². The maximum Gasteiger partial charge on any atom is 0.226 e. The zero-order valence-corrected chi connectivity index (χ0v) is 15.5. The molecule has 0 aliphatic rings. The van der Waals surface area contributed by atoms with Gasteiger partial charge in [0.15, 0.2) is 0 Å². The van der Waals surface area contributed by atoms with Gasteiger partial charge in [-0.1, -0.05) is 60.7 Å². The lowest BCUT2D eigenvalue weighted by Gasteiger charge is -2.25. The summed E-state index contributed by atoms with van der Waals surface area (Å²) in [6.07, 6.45) is 0.389. The van der Waals surface area contributed by atoms with Crippen molar-refractivity contribution in [3.05, 3.63) is 90.5 Å². The number of hydrogen-bond donors (Lipinski definition) is 1. The fraction of sp³-hybridized carbons (Fsp3) is 0.174. The van der Waals surface area contributed by atoms with Crippen LogP contribution in [0.1, 0.15) is 12.0 Å². The molecule has 0 saturated carbocycles. The van der Waals surface area contributed by atoms with E-state index in [1.54, 1.807) is 7.11 Å². The van der Waals surface area contributed by atoms with E-state index >= 15 is 0 Å². The Morgan fingerprint density at radius 2 is 1.52 bits per heavy atom. The number of carbonyl (C=O) groups is 1. The molecule has 0 unspecified atom stereocenters. The molecule has 0 bridgehead atoms. The number of rotatable bonds is 8. The van der Waals surface area contributed by atoms with Crippen LogP contribution in [0, 0.1) is 0 Å². The van der Waals surface area contributed by atoms with Crippen molar-refractivity contribution >= 4 is 17.3 Å². The maximum atomic E-state index is 12.5. The first-order valence-corrected chi connectivity index (χ1v) is 9.03. The third-order valence-corrected chi connectivity index (χ3v) is 4.33. The van der Waals surface area contributed by atoms with Crippen LogP contribution in [-0.2, 0) is 11.3 Å². The monoisotopic (exact) mass is 360 g/mol. The molecule has 3 aromatic carbocycles. The van der Waals surface area contributed by atoms with Crippen LogP contribution < -0.4 is 15.0 Å². The number of ether oxygens (including phenoxy) is 1. The normalized spacial score (nSPS) is 10.3. The molecule has 138 valence electrons. The van der Waals surface area contributed by atoms with Gasteiger partial charge >= 0.3 is 0 Å². The van der Waals surface area contributed by atoms with E-state index in [-0.39, 0.29) is 5.91 Å². The summed E-state index contributed by atoms with van der Waals surface area (Å²) in [5, 5.41) is 2.94. The van der Waals surface area contributed by atoms with Gasteiger partial charge in [-0.25, -0.2) is 0 Å². The predicted molar refractivity (Wildman–Crippen MR) is 110 cm³/mol.